The molecule has 1 aliphatic heterocycles. The maximum absolute atomic E-state index is 13.5. The summed E-state index contributed by atoms with van der Waals surface area (Å²) in [6.07, 6.45) is 2.28. The molecule has 3 rings (SSSR count). The molecule has 1 N–H and O–H groups in total. The molecule has 0 saturated heterocycles. The lowest BCUT2D eigenvalue weighted by atomic mass is 10.1. The van der Waals surface area contributed by atoms with E-state index in [1.807, 2.05) is 0 Å². The standard InChI is InChI=1S/C21H21FN2O3/c1-14-17(22)10-7-11-18(14)23-19(25)12-3-2-6-13-24-20(26)15-8-4-5-9-16(15)21(24)27/h4-5,7-11H,2-3,6,12-13H2,1H3,(H,23,25). The number of fused-ring (bicyclic) bond motifs is 1. The molecule has 0 unspecified atom stereocenters. The van der Waals surface area contributed by atoms with Crippen LogP contribution in [-0.2, 0) is 4.79 Å². The summed E-state index contributed by atoms with van der Waals surface area (Å²) in [5.41, 5.74) is 1.79. The quantitative estimate of drug-likeness (QED) is 0.595. The van der Waals surface area contributed by atoms with E-state index in [-0.39, 0.29) is 23.5 Å². The minimum Gasteiger partial charge on any atom is -0.326 e. The van der Waals surface area contributed by atoms with E-state index in [0.717, 1.165) is 0 Å². The summed E-state index contributed by atoms with van der Waals surface area (Å²) in [6, 6.07) is 11.4. The average molecular weight is 368 g/mol. The summed E-state index contributed by atoms with van der Waals surface area (Å²) >= 11 is 0. The SMILES string of the molecule is Cc1c(F)cccc1NC(=O)CCCCCN1C(=O)c2ccccc2C1=O. The molecule has 5 nitrogen and oxygen atoms in total. The Hall–Kier alpha value is -3.02. The molecule has 1 aliphatic rings. The van der Waals surface area contributed by atoms with Gasteiger partial charge < -0.3 is 5.32 Å². The molecule has 3 amide bonds. The van der Waals surface area contributed by atoms with Gasteiger partial charge in [-0.3, -0.25) is 19.3 Å². The molecule has 0 spiro atoms. The second-order valence-corrected chi connectivity index (χ2v) is 6.58. The largest absolute Gasteiger partial charge is 0.326 e. The summed E-state index contributed by atoms with van der Waals surface area (Å²) in [5, 5.41) is 2.71. The van der Waals surface area contributed by atoms with E-state index in [9.17, 15) is 18.8 Å². The summed E-state index contributed by atoms with van der Waals surface area (Å²) in [7, 11) is 0. The monoisotopic (exact) mass is 368 g/mol. The van der Waals surface area contributed by atoms with Crippen LogP contribution in [0.2, 0.25) is 0 Å². The number of benzene rings is 2. The third-order valence-corrected chi connectivity index (χ3v) is 4.71. The van der Waals surface area contributed by atoms with Gasteiger partial charge in [-0.1, -0.05) is 24.6 Å². The van der Waals surface area contributed by atoms with Crippen molar-refractivity contribution >= 4 is 23.4 Å². The molecule has 6 heteroatoms. The van der Waals surface area contributed by atoms with Crippen molar-refractivity contribution in [3.8, 4) is 0 Å². The molecular formula is C21H21FN2O3. The number of imide groups is 1. The Labute approximate surface area is 157 Å². The molecule has 0 fully saturated rings. The average Bonchev–Trinajstić information content (AvgIpc) is 2.90. The van der Waals surface area contributed by atoms with Crippen molar-refractivity contribution in [3.63, 3.8) is 0 Å². The molecule has 2 aromatic rings. The molecule has 0 aromatic heterocycles. The zero-order chi connectivity index (χ0) is 19.4. The Balaban J connectivity index is 1.41. The number of carbonyl (C=O) groups excluding carboxylic acids is 3. The highest BCUT2D eigenvalue weighted by Crippen LogP contribution is 2.23. The van der Waals surface area contributed by atoms with Crippen molar-refractivity contribution in [1.82, 2.24) is 4.90 Å². The minimum atomic E-state index is -0.353. The van der Waals surface area contributed by atoms with E-state index < -0.39 is 0 Å². The van der Waals surface area contributed by atoms with Crippen molar-refractivity contribution in [1.29, 1.82) is 0 Å². The number of hydrogen-bond donors (Lipinski definition) is 1. The summed E-state index contributed by atoms with van der Waals surface area (Å²) in [4.78, 5) is 37.8. The lowest BCUT2D eigenvalue weighted by Crippen LogP contribution is -2.30. The fraction of sp³-hybridized carbons (Fsp3) is 0.286. The number of amides is 3. The number of nitrogens with zero attached hydrogens (tertiary/aromatic N) is 1. The van der Waals surface area contributed by atoms with Crippen molar-refractivity contribution in [2.24, 2.45) is 0 Å². The van der Waals surface area contributed by atoms with Crippen LogP contribution in [0.1, 0.15) is 52.0 Å². The van der Waals surface area contributed by atoms with Crippen LogP contribution in [0, 0.1) is 12.7 Å². The van der Waals surface area contributed by atoms with Crippen LogP contribution < -0.4 is 5.32 Å². The third-order valence-electron chi connectivity index (χ3n) is 4.71. The van der Waals surface area contributed by atoms with Crippen LogP contribution >= 0.6 is 0 Å². The van der Waals surface area contributed by atoms with Gasteiger partial charge in [0.25, 0.3) is 11.8 Å². The van der Waals surface area contributed by atoms with Crippen molar-refractivity contribution < 1.29 is 18.8 Å². The van der Waals surface area contributed by atoms with E-state index in [4.69, 9.17) is 0 Å². The van der Waals surface area contributed by atoms with Gasteiger partial charge in [0.15, 0.2) is 0 Å². The molecule has 0 atom stereocenters. The maximum Gasteiger partial charge on any atom is 0.261 e. The zero-order valence-electron chi connectivity index (χ0n) is 15.1. The first-order valence-electron chi connectivity index (χ1n) is 8.99. The number of anilines is 1. The predicted molar refractivity (Wildman–Crippen MR) is 100 cm³/mol. The van der Waals surface area contributed by atoms with Gasteiger partial charge in [-0.05, 0) is 44.0 Å². The Morgan fingerprint density at radius 2 is 1.63 bits per heavy atom. The van der Waals surface area contributed by atoms with E-state index in [2.05, 4.69) is 5.32 Å². The minimum absolute atomic E-state index is 0.176. The van der Waals surface area contributed by atoms with Crippen LogP contribution in [0.3, 0.4) is 0 Å². The number of rotatable bonds is 7. The smallest absolute Gasteiger partial charge is 0.261 e. The highest BCUT2D eigenvalue weighted by atomic mass is 19.1. The van der Waals surface area contributed by atoms with E-state index in [1.54, 1.807) is 43.3 Å². The van der Waals surface area contributed by atoms with Crippen molar-refractivity contribution in [3.05, 3.63) is 65.0 Å². The van der Waals surface area contributed by atoms with Gasteiger partial charge in [-0.15, -0.1) is 0 Å². The normalized spacial score (nSPS) is 13.0. The Kier molecular flexibility index (Phi) is 5.64. The summed E-state index contributed by atoms with van der Waals surface area (Å²) < 4.78 is 13.5. The lowest BCUT2D eigenvalue weighted by molar-refractivity contribution is -0.116. The Morgan fingerprint density at radius 3 is 2.30 bits per heavy atom. The molecular weight excluding hydrogens is 347 g/mol. The molecule has 0 bridgehead atoms. The number of hydrogen-bond acceptors (Lipinski definition) is 3. The maximum atomic E-state index is 13.5. The fourth-order valence-electron chi connectivity index (χ4n) is 3.13. The van der Waals surface area contributed by atoms with Crippen LogP contribution in [0.5, 0.6) is 0 Å². The van der Waals surface area contributed by atoms with Gasteiger partial charge in [0.1, 0.15) is 5.82 Å². The Morgan fingerprint density at radius 1 is 0.963 bits per heavy atom. The lowest BCUT2D eigenvalue weighted by Gasteiger charge is -2.13. The highest BCUT2D eigenvalue weighted by Gasteiger charge is 2.34. The predicted octanol–water partition coefficient (Wildman–Crippen LogP) is 3.93. The molecule has 1 heterocycles. The van der Waals surface area contributed by atoms with Gasteiger partial charge >= 0.3 is 0 Å². The second kappa shape index (κ2) is 8.12. The van der Waals surface area contributed by atoms with Gasteiger partial charge in [-0.2, -0.15) is 0 Å². The van der Waals surface area contributed by atoms with Crippen LogP contribution in [0.15, 0.2) is 42.5 Å². The van der Waals surface area contributed by atoms with E-state index >= 15 is 0 Å². The fourth-order valence-corrected chi connectivity index (χ4v) is 3.13. The van der Waals surface area contributed by atoms with Gasteiger partial charge in [0.2, 0.25) is 5.91 Å². The number of unbranched alkanes of at least 4 members (excludes halogenated alkanes) is 2. The first-order valence-corrected chi connectivity index (χ1v) is 8.99. The second-order valence-electron chi connectivity index (χ2n) is 6.58. The number of nitrogens with one attached hydrogen (secondary N) is 1. The number of carbonyl (C=O) groups is 3. The molecule has 2 aromatic carbocycles. The van der Waals surface area contributed by atoms with Crippen LogP contribution in [-0.4, -0.2) is 29.2 Å². The topological polar surface area (TPSA) is 66.5 Å². The van der Waals surface area contributed by atoms with E-state index in [0.29, 0.717) is 54.6 Å². The molecule has 0 saturated carbocycles. The summed E-state index contributed by atoms with van der Waals surface area (Å²) in [6.45, 7) is 1.96. The highest BCUT2D eigenvalue weighted by molar-refractivity contribution is 6.21. The molecule has 27 heavy (non-hydrogen) atoms. The van der Waals surface area contributed by atoms with Gasteiger partial charge in [-0.25, -0.2) is 4.39 Å². The molecule has 0 aliphatic carbocycles. The van der Waals surface area contributed by atoms with Crippen LogP contribution in [0.25, 0.3) is 0 Å². The van der Waals surface area contributed by atoms with Gasteiger partial charge in [0.05, 0.1) is 11.1 Å². The van der Waals surface area contributed by atoms with Crippen molar-refractivity contribution in [2.75, 3.05) is 11.9 Å². The third kappa shape index (κ3) is 4.05. The molecule has 140 valence electrons. The molecule has 0 radical (unpaired) electrons. The summed E-state index contributed by atoms with van der Waals surface area (Å²) in [5.74, 6) is -1.04. The van der Waals surface area contributed by atoms with E-state index in [1.165, 1.54) is 11.0 Å². The number of halogens is 1. The van der Waals surface area contributed by atoms with Crippen LogP contribution in [0.4, 0.5) is 10.1 Å². The first kappa shape index (κ1) is 18.8. The Bertz CT molecular complexity index is 860. The van der Waals surface area contributed by atoms with Crippen molar-refractivity contribution in [2.45, 2.75) is 32.6 Å². The first-order chi connectivity index (χ1) is 13.0. The van der Waals surface area contributed by atoms with Gasteiger partial charge in [0, 0.05) is 24.2 Å². The zero-order valence-corrected chi connectivity index (χ0v) is 15.1.